The maximum Gasteiger partial charge on any atom is 0.227 e. The standard InChI is InChI=1S/C18H20N6O2/c25-17(24-11-1-2-14(12-24)15-7-10-20-22-15)4-3-16-21-18(23-26-16)13-5-8-19-9-6-13/h5-10,14H,1-4,11-12H2,(H,20,22). The summed E-state index contributed by atoms with van der Waals surface area (Å²) in [7, 11) is 0. The molecule has 0 radical (unpaired) electrons. The number of hydrogen-bond donors (Lipinski definition) is 1. The van der Waals surface area contributed by atoms with Crippen LogP contribution < -0.4 is 0 Å². The molecule has 0 saturated carbocycles. The quantitative estimate of drug-likeness (QED) is 0.755. The number of rotatable bonds is 5. The van der Waals surface area contributed by atoms with E-state index in [1.54, 1.807) is 18.6 Å². The highest BCUT2D eigenvalue weighted by Crippen LogP contribution is 2.25. The molecule has 0 aliphatic carbocycles. The molecule has 3 aromatic rings. The van der Waals surface area contributed by atoms with Crippen LogP contribution in [0.2, 0.25) is 0 Å². The summed E-state index contributed by atoms with van der Waals surface area (Å²) in [5.74, 6) is 1.45. The Balaban J connectivity index is 1.33. The first kappa shape index (κ1) is 16.4. The number of H-pyrrole nitrogens is 1. The molecule has 3 aromatic heterocycles. The second-order valence-corrected chi connectivity index (χ2v) is 6.44. The molecule has 0 bridgehead atoms. The van der Waals surface area contributed by atoms with Gasteiger partial charge in [-0.25, -0.2) is 0 Å². The maximum atomic E-state index is 12.6. The summed E-state index contributed by atoms with van der Waals surface area (Å²) in [6.45, 7) is 1.53. The van der Waals surface area contributed by atoms with E-state index in [0.29, 0.717) is 30.5 Å². The van der Waals surface area contributed by atoms with Gasteiger partial charge in [0.25, 0.3) is 0 Å². The third-order valence-electron chi connectivity index (χ3n) is 4.70. The minimum Gasteiger partial charge on any atom is -0.342 e. The Labute approximate surface area is 150 Å². The highest BCUT2D eigenvalue weighted by atomic mass is 16.5. The van der Waals surface area contributed by atoms with Gasteiger partial charge in [0, 0.05) is 61.7 Å². The van der Waals surface area contributed by atoms with Gasteiger partial charge in [-0.3, -0.25) is 14.9 Å². The summed E-state index contributed by atoms with van der Waals surface area (Å²) in [4.78, 5) is 22.8. The summed E-state index contributed by atoms with van der Waals surface area (Å²) < 4.78 is 5.27. The van der Waals surface area contributed by atoms with Crippen molar-refractivity contribution in [3.05, 3.63) is 48.4 Å². The number of aromatic nitrogens is 5. The van der Waals surface area contributed by atoms with Crippen molar-refractivity contribution in [2.45, 2.75) is 31.6 Å². The van der Waals surface area contributed by atoms with Crippen LogP contribution in [0, 0.1) is 0 Å². The van der Waals surface area contributed by atoms with Gasteiger partial charge in [0.05, 0.1) is 0 Å². The Kier molecular flexibility index (Phi) is 4.72. The topological polar surface area (TPSA) is 101 Å². The summed E-state index contributed by atoms with van der Waals surface area (Å²) in [5.41, 5.74) is 1.95. The number of carbonyl (C=O) groups is 1. The lowest BCUT2D eigenvalue weighted by molar-refractivity contribution is -0.132. The van der Waals surface area contributed by atoms with Crippen molar-refractivity contribution in [3.8, 4) is 11.4 Å². The van der Waals surface area contributed by atoms with E-state index in [-0.39, 0.29) is 5.91 Å². The number of aryl methyl sites for hydroxylation is 1. The lowest BCUT2D eigenvalue weighted by Crippen LogP contribution is -2.39. The van der Waals surface area contributed by atoms with Gasteiger partial charge in [-0.2, -0.15) is 10.1 Å². The van der Waals surface area contributed by atoms with E-state index < -0.39 is 0 Å². The van der Waals surface area contributed by atoms with Crippen LogP contribution >= 0.6 is 0 Å². The molecule has 1 atom stereocenters. The second-order valence-electron chi connectivity index (χ2n) is 6.44. The molecular weight excluding hydrogens is 332 g/mol. The van der Waals surface area contributed by atoms with Crippen LogP contribution in [0.25, 0.3) is 11.4 Å². The van der Waals surface area contributed by atoms with Crippen molar-refractivity contribution in [1.29, 1.82) is 0 Å². The maximum absolute atomic E-state index is 12.6. The highest BCUT2D eigenvalue weighted by Gasteiger charge is 2.25. The van der Waals surface area contributed by atoms with E-state index in [1.165, 1.54) is 0 Å². The molecule has 4 rings (SSSR count). The number of amides is 1. The van der Waals surface area contributed by atoms with Gasteiger partial charge in [-0.05, 0) is 31.0 Å². The van der Waals surface area contributed by atoms with Gasteiger partial charge < -0.3 is 9.42 Å². The minimum absolute atomic E-state index is 0.123. The Morgan fingerprint density at radius 1 is 1.27 bits per heavy atom. The van der Waals surface area contributed by atoms with Crippen LogP contribution in [0.4, 0.5) is 0 Å². The van der Waals surface area contributed by atoms with Crippen LogP contribution in [0.1, 0.15) is 36.8 Å². The van der Waals surface area contributed by atoms with Crippen molar-refractivity contribution >= 4 is 5.91 Å². The van der Waals surface area contributed by atoms with E-state index in [9.17, 15) is 4.79 Å². The fourth-order valence-electron chi connectivity index (χ4n) is 3.30. The van der Waals surface area contributed by atoms with E-state index in [1.807, 2.05) is 23.1 Å². The van der Waals surface area contributed by atoms with Crippen LogP contribution in [0.3, 0.4) is 0 Å². The average molecular weight is 352 g/mol. The number of piperidine rings is 1. The van der Waals surface area contributed by atoms with Gasteiger partial charge in [-0.15, -0.1) is 0 Å². The third-order valence-corrected chi connectivity index (χ3v) is 4.70. The molecule has 1 aliphatic heterocycles. The van der Waals surface area contributed by atoms with Gasteiger partial charge >= 0.3 is 0 Å². The average Bonchev–Trinajstić information content (AvgIpc) is 3.39. The Bertz CT molecular complexity index is 846. The number of nitrogens with one attached hydrogen (secondary N) is 1. The normalized spacial score (nSPS) is 17.4. The second kappa shape index (κ2) is 7.47. The van der Waals surface area contributed by atoms with Crippen molar-refractivity contribution in [2.24, 2.45) is 0 Å². The highest BCUT2D eigenvalue weighted by molar-refractivity contribution is 5.76. The molecular formula is C18H20N6O2. The summed E-state index contributed by atoms with van der Waals surface area (Å²) in [6.07, 6.45) is 8.01. The number of hydrogen-bond acceptors (Lipinski definition) is 6. The predicted octanol–water partition coefficient (Wildman–Crippen LogP) is 2.19. The fraction of sp³-hybridized carbons (Fsp3) is 0.389. The van der Waals surface area contributed by atoms with Crippen LogP contribution in [-0.4, -0.2) is 49.2 Å². The molecule has 134 valence electrons. The van der Waals surface area contributed by atoms with Crippen molar-refractivity contribution in [1.82, 2.24) is 30.2 Å². The van der Waals surface area contributed by atoms with Gasteiger partial charge in [0.1, 0.15) is 0 Å². The largest absolute Gasteiger partial charge is 0.342 e. The van der Waals surface area contributed by atoms with Crippen LogP contribution in [-0.2, 0) is 11.2 Å². The monoisotopic (exact) mass is 352 g/mol. The Hall–Kier alpha value is -3.03. The smallest absolute Gasteiger partial charge is 0.227 e. The fourth-order valence-corrected chi connectivity index (χ4v) is 3.30. The first-order valence-corrected chi connectivity index (χ1v) is 8.79. The Morgan fingerprint density at radius 3 is 2.96 bits per heavy atom. The number of pyridine rings is 1. The third kappa shape index (κ3) is 3.63. The molecule has 26 heavy (non-hydrogen) atoms. The first-order chi connectivity index (χ1) is 12.8. The zero-order chi connectivity index (χ0) is 17.8. The summed E-state index contributed by atoms with van der Waals surface area (Å²) >= 11 is 0. The molecule has 8 heteroatoms. The number of carbonyl (C=O) groups excluding carboxylic acids is 1. The summed E-state index contributed by atoms with van der Waals surface area (Å²) in [5, 5.41) is 11.0. The predicted molar refractivity (Wildman–Crippen MR) is 93.0 cm³/mol. The molecule has 1 fully saturated rings. The van der Waals surface area contributed by atoms with E-state index in [4.69, 9.17) is 4.52 Å². The molecule has 1 aliphatic rings. The van der Waals surface area contributed by atoms with E-state index in [0.717, 1.165) is 37.2 Å². The summed E-state index contributed by atoms with van der Waals surface area (Å²) in [6, 6.07) is 5.63. The lowest BCUT2D eigenvalue weighted by atomic mass is 9.94. The van der Waals surface area contributed by atoms with Gasteiger partial charge in [0.15, 0.2) is 0 Å². The zero-order valence-corrected chi connectivity index (χ0v) is 14.3. The first-order valence-electron chi connectivity index (χ1n) is 8.79. The Morgan fingerprint density at radius 2 is 2.15 bits per heavy atom. The van der Waals surface area contributed by atoms with E-state index in [2.05, 4.69) is 25.3 Å². The molecule has 4 heterocycles. The van der Waals surface area contributed by atoms with Crippen molar-refractivity contribution < 1.29 is 9.32 Å². The van der Waals surface area contributed by atoms with Crippen LogP contribution in [0.15, 0.2) is 41.3 Å². The molecule has 1 amide bonds. The number of aromatic amines is 1. The van der Waals surface area contributed by atoms with Gasteiger partial charge in [-0.1, -0.05) is 5.16 Å². The molecule has 8 nitrogen and oxygen atoms in total. The van der Waals surface area contributed by atoms with Crippen molar-refractivity contribution in [2.75, 3.05) is 13.1 Å². The minimum atomic E-state index is 0.123. The number of nitrogens with zero attached hydrogens (tertiary/aromatic N) is 5. The lowest BCUT2D eigenvalue weighted by Gasteiger charge is -2.32. The van der Waals surface area contributed by atoms with Crippen LogP contribution in [0.5, 0.6) is 0 Å². The zero-order valence-electron chi connectivity index (χ0n) is 14.3. The number of likely N-dealkylation sites (tertiary alicyclic amines) is 1. The molecule has 1 unspecified atom stereocenters. The molecule has 0 spiro atoms. The van der Waals surface area contributed by atoms with E-state index >= 15 is 0 Å². The molecule has 0 aromatic carbocycles. The molecule has 1 N–H and O–H groups in total. The molecule has 1 saturated heterocycles. The SMILES string of the molecule is O=C(CCc1nc(-c2ccncc2)no1)N1CCCC(c2ccn[nH]2)C1. The van der Waals surface area contributed by atoms with Crippen molar-refractivity contribution in [3.63, 3.8) is 0 Å². The van der Waals surface area contributed by atoms with Gasteiger partial charge in [0.2, 0.25) is 17.6 Å².